The van der Waals surface area contributed by atoms with Crippen LogP contribution in [0.15, 0.2) is 60.7 Å². The summed E-state index contributed by atoms with van der Waals surface area (Å²) in [5.41, 5.74) is 4.90. The van der Waals surface area contributed by atoms with Gasteiger partial charge in [0.25, 0.3) is 0 Å². The Bertz CT molecular complexity index is 886. The molecule has 0 saturated heterocycles. The molecular formula is C24H24ClFO. The van der Waals surface area contributed by atoms with Crippen LogP contribution in [0.4, 0.5) is 4.39 Å². The Balaban J connectivity index is 1.79. The summed E-state index contributed by atoms with van der Waals surface area (Å²) >= 11 is 6.04. The Labute approximate surface area is 165 Å². The van der Waals surface area contributed by atoms with Gasteiger partial charge >= 0.3 is 0 Å². The number of methoxy groups -OCH3 is 1. The summed E-state index contributed by atoms with van der Waals surface area (Å²) in [5.74, 6) is -0.117. The van der Waals surface area contributed by atoms with E-state index in [2.05, 4.69) is 31.2 Å². The number of halogens is 2. The van der Waals surface area contributed by atoms with Crippen LogP contribution in [-0.4, -0.2) is 7.11 Å². The monoisotopic (exact) mass is 382 g/mol. The zero-order chi connectivity index (χ0) is 19.2. The average Bonchev–Trinajstić information content (AvgIpc) is 2.71. The van der Waals surface area contributed by atoms with Gasteiger partial charge in [0.1, 0.15) is 10.8 Å². The van der Waals surface area contributed by atoms with Crippen LogP contribution in [0.1, 0.15) is 31.7 Å². The Kier molecular flexibility index (Phi) is 6.52. The van der Waals surface area contributed by atoms with Gasteiger partial charge in [-0.15, -0.1) is 0 Å². The molecule has 0 atom stereocenters. The van der Waals surface area contributed by atoms with Crippen molar-refractivity contribution < 1.29 is 9.13 Å². The summed E-state index contributed by atoms with van der Waals surface area (Å²) in [6.07, 6.45) is 4.88. The molecule has 0 aromatic heterocycles. The summed E-state index contributed by atoms with van der Waals surface area (Å²) < 4.78 is 19.6. The molecule has 0 fully saturated rings. The first-order chi connectivity index (χ1) is 13.1. The Morgan fingerprint density at radius 1 is 0.815 bits per heavy atom. The van der Waals surface area contributed by atoms with Gasteiger partial charge in [0, 0.05) is 5.56 Å². The topological polar surface area (TPSA) is 9.23 Å². The minimum Gasteiger partial charge on any atom is -0.495 e. The van der Waals surface area contributed by atoms with Crippen molar-refractivity contribution in [3.63, 3.8) is 0 Å². The molecule has 140 valence electrons. The maximum atomic E-state index is 14.5. The van der Waals surface area contributed by atoms with E-state index in [9.17, 15) is 4.39 Å². The van der Waals surface area contributed by atoms with Gasteiger partial charge in [-0.3, -0.25) is 0 Å². The van der Waals surface area contributed by atoms with E-state index in [-0.39, 0.29) is 5.02 Å². The number of aryl methyl sites for hydroxylation is 1. The predicted octanol–water partition coefficient (Wildman–Crippen LogP) is 7.55. The molecule has 0 N–H and O–H groups in total. The smallest absolute Gasteiger partial charge is 0.153 e. The van der Waals surface area contributed by atoms with Gasteiger partial charge in [0.2, 0.25) is 0 Å². The fourth-order valence-corrected chi connectivity index (χ4v) is 3.44. The van der Waals surface area contributed by atoms with Crippen molar-refractivity contribution in [3.05, 3.63) is 77.1 Å². The van der Waals surface area contributed by atoms with Gasteiger partial charge in [-0.2, -0.15) is 0 Å². The van der Waals surface area contributed by atoms with Gasteiger partial charge in [-0.25, -0.2) is 4.39 Å². The molecule has 0 bridgehead atoms. The summed E-state index contributed by atoms with van der Waals surface area (Å²) in [6, 6.07) is 20.0. The summed E-state index contributed by atoms with van der Waals surface area (Å²) in [4.78, 5) is 0. The summed E-state index contributed by atoms with van der Waals surface area (Å²) in [7, 11) is 1.48. The first-order valence-corrected chi connectivity index (χ1v) is 9.73. The molecule has 0 amide bonds. The van der Waals surface area contributed by atoms with Crippen molar-refractivity contribution in [2.24, 2.45) is 0 Å². The lowest BCUT2D eigenvalue weighted by atomic mass is 9.98. The lowest BCUT2D eigenvalue weighted by molar-refractivity contribution is 0.412. The van der Waals surface area contributed by atoms with E-state index < -0.39 is 5.82 Å². The molecule has 0 saturated carbocycles. The van der Waals surface area contributed by atoms with Crippen molar-refractivity contribution in [3.8, 4) is 28.0 Å². The lowest BCUT2D eigenvalue weighted by Crippen LogP contribution is -1.91. The highest BCUT2D eigenvalue weighted by Gasteiger charge is 2.13. The van der Waals surface area contributed by atoms with E-state index in [1.807, 2.05) is 24.3 Å². The number of unbranched alkanes of at least 4 members (excludes halogenated alkanes) is 2. The van der Waals surface area contributed by atoms with Crippen LogP contribution in [0.25, 0.3) is 22.3 Å². The van der Waals surface area contributed by atoms with Crippen LogP contribution in [-0.2, 0) is 6.42 Å². The third-order valence-electron chi connectivity index (χ3n) is 4.82. The van der Waals surface area contributed by atoms with Crippen molar-refractivity contribution in [2.45, 2.75) is 32.6 Å². The molecule has 0 radical (unpaired) electrons. The zero-order valence-electron chi connectivity index (χ0n) is 15.8. The highest BCUT2D eigenvalue weighted by molar-refractivity contribution is 6.32. The van der Waals surface area contributed by atoms with E-state index in [4.69, 9.17) is 16.3 Å². The molecule has 3 aromatic carbocycles. The van der Waals surface area contributed by atoms with Crippen molar-refractivity contribution in [1.82, 2.24) is 0 Å². The van der Waals surface area contributed by atoms with Gasteiger partial charge in [-0.1, -0.05) is 79.9 Å². The number of benzene rings is 3. The third kappa shape index (κ3) is 4.51. The second-order valence-electron chi connectivity index (χ2n) is 6.67. The Morgan fingerprint density at radius 3 is 2.00 bits per heavy atom. The van der Waals surface area contributed by atoms with Gasteiger partial charge in [0.15, 0.2) is 5.82 Å². The van der Waals surface area contributed by atoms with Crippen LogP contribution in [0.2, 0.25) is 5.02 Å². The van der Waals surface area contributed by atoms with E-state index in [1.165, 1.54) is 31.9 Å². The van der Waals surface area contributed by atoms with E-state index >= 15 is 0 Å². The normalized spacial score (nSPS) is 10.8. The highest BCUT2D eigenvalue weighted by atomic mass is 35.5. The molecule has 1 nitrogen and oxygen atoms in total. The summed E-state index contributed by atoms with van der Waals surface area (Å²) in [5, 5.41) is 0.0118. The van der Waals surface area contributed by atoms with Gasteiger partial charge in [0.05, 0.1) is 7.11 Å². The maximum absolute atomic E-state index is 14.5. The molecular weight excluding hydrogens is 359 g/mol. The van der Waals surface area contributed by atoms with E-state index in [0.29, 0.717) is 11.3 Å². The molecule has 3 aromatic rings. The number of hydrogen-bond acceptors (Lipinski definition) is 1. The molecule has 3 heteroatoms. The molecule has 0 heterocycles. The first-order valence-electron chi connectivity index (χ1n) is 9.35. The predicted molar refractivity (Wildman–Crippen MR) is 112 cm³/mol. The van der Waals surface area contributed by atoms with Crippen molar-refractivity contribution in [1.29, 1.82) is 0 Å². The van der Waals surface area contributed by atoms with Crippen LogP contribution >= 0.6 is 11.6 Å². The fourth-order valence-electron chi connectivity index (χ4n) is 3.20. The van der Waals surface area contributed by atoms with E-state index in [0.717, 1.165) is 23.1 Å². The van der Waals surface area contributed by atoms with E-state index in [1.54, 1.807) is 12.1 Å². The molecule has 0 aliphatic heterocycles. The summed E-state index contributed by atoms with van der Waals surface area (Å²) in [6.45, 7) is 2.22. The molecule has 0 aliphatic carbocycles. The average molecular weight is 383 g/mol. The second-order valence-corrected chi connectivity index (χ2v) is 7.05. The van der Waals surface area contributed by atoms with Gasteiger partial charge < -0.3 is 4.74 Å². The molecule has 0 unspecified atom stereocenters. The van der Waals surface area contributed by atoms with Crippen molar-refractivity contribution in [2.75, 3.05) is 7.11 Å². The first kappa shape index (κ1) is 19.4. The zero-order valence-corrected chi connectivity index (χ0v) is 16.5. The minimum absolute atomic E-state index is 0.0118. The van der Waals surface area contributed by atoms with Crippen LogP contribution < -0.4 is 4.74 Å². The van der Waals surface area contributed by atoms with Crippen LogP contribution in [0.5, 0.6) is 5.75 Å². The molecule has 0 aliphatic rings. The largest absolute Gasteiger partial charge is 0.495 e. The van der Waals surface area contributed by atoms with Gasteiger partial charge in [-0.05, 0) is 47.2 Å². The Morgan fingerprint density at radius 2 is 1.41 bits per heavy atom. The highest BCUT2D eigenvalue weighted by Crippen LogP contribution is 2.35. The molecule has 0 spiro atoms. The van der Waals surface area contributed by atoms with Crippen LogP contribution in [0.3, 0.4) is 0 Å². The molecule has 3 rings (SSSR count). The SMILES string of the molecule is CCCCCc1ccc(-c2ccc(-c3ccc(OC)c(Cl)c3F)cc2)cc1. The molecule has 27 heavy (non-hydrogen) atoms. The second kappa shape index (κ2) is 9.05. The number of rotatable bonds is 7. The Hall–Kier alpha value is -2.32. The third-order valence-corrected chi connectivity index (χ3v) is 5.17. The minimum atomic E-state index is -0.458. The fraction of sp³-hybridized carbons (Fsp3) is 0.250. The van der Waals surface area contributed by atoms with Crippen LogP contribution in [0, 0.1) is 5.82 Å². The standard InChI is InChI=1S/C24H24ClFO/c1-3-4-5-6-17-7-9-18(10-8-17)19-11-13-20(14-12-19)21-15-16-22(27-2)23(25)24(21)26/h7-16H,3-6H2,1-2H3. The number of hydrogen-bond donors (Lipinski definition) is 0. The maximum Gasteiger partial charge on any atom is 0.153 e. The lowest BCUT2D eigenvalue weighted by Gasteiger charge is -2.10. The number of ether oxygens (including phenoxy) is 1. The van der Waals surface area contributed by atoms with Crippen molar-refractivity contribution >= 4 is 11.6 Å². The quantitative estimate of drug-likeness (QED) is 0.383.